The van der Waals surface area contributed by atoms with Crippen molar-refractivity contribution in [2.45, 2.75) is 38.6 Å². The fraction of sp³-hybridized carbons (Fsp3) is 0.368. The molecule has 6 heteroatoms. The van der Waals surface area contributed by atoms with Gasteiger partial charge < -0.3 is 19.8 Å². The minimum Gasteiger partial charge on any atom is -0.437 e. The molecular formula is C19H23N3O3. The number of aliphatic hydroxyl groups is 1. The van der Waals surface area contributed by atoms with E-state index in [1.165, 1.54) is 0 Å². The summed E-state index contributed by atoms with van der Waals surface area (Å²) < 4.78 is 5.55. The summed E-state index contributed by atoms with van der Waals surface area (Å²) in [6.07, 6.45) is 3.99. The van der Waals surface area contributed by atoms with Crippen molar-refractivity contribution in [3.8, 4) is 0 Å². The van der Waals surface area contributed by atoms with Gasteiger partial charge in [-0.25, -0.2) is 4.98 Å². The predicted octanol–water partition coefficient (Wildman–Crippen LogP) is 2.79. The summed E-state index contributed by atoms with van der Waals surface area (Å²) >= 11 is 0. The SMILES string of the molecule is CC(C)(C)c1cnc(C(=O)NC(CO)Cc2c[nH]c3ccccc23)o1. The Morgan fingerprint density at radius 2 is 2.12 bits per heavy atom. The highest BCUT2D eigenvalue weighted by Crippen LogP contribution is 2.23. The Bertz CT molecular complexity index is 873. The molecule has 2 aromatic heterocycles. The van der Waals surface area contributed by atoms with Crippen LogP contribution in [0.25, 0.3) is 10.9 Å². The molecule has 3 aromatic rings. The molecule has 2 heterocycles. The molecule has 1 amide bonds. The van der Waals surface area contributed by atoms with E-state index in [1.807, 2.05) is 51.2 Å². The quantitative estimate of drug-likeness (QED) is 0.665. The van der Waals surface area contributed by atoms with Crippen LogP contribution in [0.3, 0.4) is 0 Å². The summed E-state index contributed by atoms with van der Waals surface area (Å²) in [6.45, 7) is 5.80. The first-order valence-corrected chi connectivity index (χ1v) is 8.31. The van der Waals surface area contributed by atoms with Crippen molar-refractivity contribution in [3.63, 3.8) is 0 Å². The maximum absolute atomic E-state index is 12.4. The van der Waals surface area contributed by atoms with Gasteiger partial charge in [0.05, 0.1) is 18.8 Å². The fourth-order valence-electron chi connectivity index (χ4n) is 2.70. The lowest BCUT2D eigenvalue weighted by atomic mass is 9.94. The normalized spacial score (nSPS) is 13.1. The average molecular weight is 341 g/mol. The Labute approximate surface area is 146 Å². The first kappa shape index (κ1) is 17.2. The molecule has 0 spiro atoms. The number of aromatic amines is 1. The zero-order valence-corrected chi connectivity index (χ0v) is 14.7. The molecule has 1 atom stereocenters. The van der Waals surface area contributed by atoms with Crippen LogP contribution in [-0.2, 0) is 11.8 Å². The Balaban J connectivity index is 1.71. The van der Waals surface area contributed by atoms with Crippen molar-refractivity contribution < 1.29 is 14.3 Å². The Hall–Kier alpha value is -2.60. The van der Waals surface area contributed by atoms with Gasteiger partial charge in [0.2, 0.25) is 0 Å². The third-order valence-corrected chi connectivity index (χ3v) is 4.14. The number of H-pyrrole nitrogens is 1. The van der Waals surface area contributed by atoms with Crippen LogP contribution in [0.15, 0.2) is 41.1 Å². The fourth-order valence-corrected chi connectivity index (χ4v) is 2.70. The van der Waals surface area contributed by atoms with Gasteiger partial charge in [0, 0.05) is 22.5 Å². The smallest absolute Gasteiger partial charge is 0.307 e. The van der Waals surface area contributed by atoms with Crippen molar-refractivity contribution in [1.82, 2.24) is 15.3 Å². The lowest BCUT2D eigenvalue weighted by molar-refractivity contribution is 0.0878. The molecule has 1 unspecified atom stereocenters. The third-order valence-electron chi connectivity index (χ3n) is 4.14. The average Bonchev–Trinajstić information content (AvgIpc) is 3.21. The number of carbonyl (C=O) groups excluding carboxylic acids is 1. The molecule has 0 bridgehead atoms. The second-order valence-electron chi connectivity index (χ2n) is 7.20. The lowest BCUT2D eigenvalue weighted by Crippen LogP contribution is -2.39. The van der Waals surface area contributed by atoms with Gasteiger partial charge in [-0.2, -0.15) is 0 Å². The first-order valence-electron chi connectivity index (χ1n) is 8.31. The van der Waals surface area contributed by atoms with E-state index in [9.17, 15) is 9.90 Å². The van der Waals surface area contributed by atoms with Crippen molar-refractivity contribution in [2.75, 3.05) is 6.61 Å². The van der Waals surface area contributed by atoms with E-state index >= 15 is 0 Å². The van der Waals surface area contributed by atoms with Crippen molar-refractivity contribution in [2.24, 2.45) is 0 Å². The summed E-state index contributed by atoms with van der Waals surface area (Å²) in [6, 6.07) is 7.51. The lowest BCUT2D eigenvalue weighted by Gasteiger charge is -2.15. The number of para-hydroxylation sites is 1. The molecule has 3 rings (SSSR count). The number of amides is 1. The molecule has 25 heavy (non-hydrogen) atoms. The summed E-state index contributed by atoms with van der Waals surface area (Å²) in [7, 11) is 0. The number of nitrogens with one attached hydrogen (secondary N) is 2. The van der Waals surface area contributed by atoms with Crippen LogP contribution in [-0.4, -0.2) is 33.6 Å². The van der Waals surface area contributed by atoms with Gasteiger partial charge in [0.1, 0.15) is 5.76 Å². The van der Waals surface area contributed by atoms with Crippen LogP contribution in [0.1, 0.15) is 42.8 Å². The third kappa shape index (κ3) is 3.74. The molecule has 0 aliphatic carbocycles. The zero-order valence-electron chi connectivity index (χ0n) is 14.7. The number of carbonyl (C=O) groups is 1. The number of hydrogen-bond acceptors (Lipinski definition) is 4. The predicted molar refractivity (Wildman–Crippen MR) is 95.5 cm³/mol. The zero-order chi connectivity index (χ0) is 18.0. The molecular weight excluding hydrogens is 318 g/mol. The van der Waals surface area contributed by atoms with Crippen LogP contribution in [0.4, 0.5) is 0 Å². The maximum Gasteiger partial charge on any atom is 0.307 e. The number of oxazole rings is 1. The second kappa shape index (κ2) is 6.72. The van der Waals surface area contributed by atoms with E-state index in [0.29, 0.717) is 12.2 Å². The van der Waals surface area contributed by atoms with Gasteiger partial charge >= 0.3 is 5.91 Å². The number of aliphatic hydroxyl groups excluding tert-OH is 1. The molecule has 0 saturated heterocycles. The van der Waals surface area contributed by atoms with Crippen LogP contribution in [0.2, 0.25) is 0 Å². The molecule has 0 aliphatic heterocycles. The highest BCUT2D eigenvalue weighted by atomic mass is 16.4. The minimum absolute atomic E-state index is 0.0160. The van der Waals surface area contributed by atoms with Crippen LogP contribution in [0.5, 0.6) is 0 Å². The topological polar surface area (TPSA) is 91.1 Å². The maximum atomic E-state index is 12.4. The van der Waals surface area contributed by atoms with Gasteiger partial charge in [-0.15, -0.1) is 0 Å². The number of hydrogen-bond donors (Lipinski definition) is 3. The van der Waals surface area contributed by atoms with Crippen molar-refractivity contribution in [1.29, 1.82) is 0 Å². The summed E-state index contributed by atoms with van der Waals surface area (Å²) in [5.41, 5.74) is 1.85. The van der Waals surface area contributed by atoms with E-state index in [-0.39, 0.29) is 17.9 Å². The molecule has 132 valence electrons. The molecule has 0 fully saturated rings. The first-order chi connectivity index (χ1) is 11.9. The monoisotopic (exact) mass is 341 g/mol. The summed E-state index contributed by atoms with van der Waals surface area (Å²) in [4.78, 5) is 19.6. The van der Waals surface area contributed by atoms with E-state index in [0.717, 1.165) is 16.5 Å². The molecule has 6 nitrogen and oxygen atoms in total. The number of fused-ring (bicyclic) bond motifs is 1. The van der Waals surface area contributed by atoms with Gasteiger partial charge in [0.25, 0.3) is 5.89 Å². The van der Waals surface area contributed by atoms with E-state index in [4.69, 9.17) is 4.42 Å². The minimum atomic E-state index is -0.422. The number of nitrogens with zero attached hydrogens (tertiary/aromatic N) is 1. The van der Waals surface area contributed by atoms with Crippen LogP contribution < -0.4 is 5.32 Å². The number of benzene rings is 1. The van der Waals surface area contributed by atoms with Crippen LogP contribution >= 0.6 is 0 Å². The Morgan fingerprint density at radius 3 is 2.80 bits per heavy atom. The second-order valence-corrected chi connectivity index (χ2v) is 7.20. The standard InChI is InChI=1S/C19H23N3O3/c1-19(2,3)16-10-21-18(25-16)17(24)22-13(11-23)8-12-9-20-15-7-5-4-6-14(12)15/h4-7,9-10,13,20,23H,8,11H2,1-3H3,(H,22,24). The van der Waals surface area contributed by atoms with Gasteiger partial charge in [0.15, 0.2) is 0 Å². The molecule has 3 N–H and O–H groups in total. The highest BCUT2D eigenvalue weighted by molar-refractivity contribution is 5.90. The van der Waals surface area contributed by atoms with Gasteiger partial charge in [-0.05, 0) is 18.1 Å². The molecule has 0 aliphatic rings. The van der Waals surface area contributed by atoms with E-state index in [1.54, 1.807) is 6.20 Å². The Kier molecular flexibility index (Phi) is 4.63. The largest absolute Gasteiger partial charge is 0.437 e. The summed E-state index contributed by atoms with van der Waals surface area (Å²) in [5, 5.41) is 13.5. The van der Waals surface area contributed by atoms with Crippen molar-refractivity contribution in [3.05, 3.63) is 53.9 Å². The van der Waals surface area contributed by atoms with E-state index in [2.05, 4.69) is 15.3 Å². The molecule has 1 aromatic carbocycles. The highest BCUT2D eigenvalue weighted by Gasteiger charge is 2.23. The van der Waals surface area contributed by atoms with E-state index < -0.39 is 11.9 Å². The molecule has 0 radical (unpaired) electrons. The summed E-state index contributed by atoms with van der Waals surface area (Å²) in [5.74, 6) is 0.242. The molecule has 0 saturated carbocycles. The van der Waals surface area contributed by atoms with Gasteiger partial charge in [-0.3, -0.25) is 4.79 Å². The van der Waals surface area contributed by atoms with Crippen LogP contribution in [0, 0.1) is 0 Å². The number of rotatable bonds is 5. The van der Waals surface area contributed by atoms with Gasteiger partial charge in [-0.1, -0.05) is 39.0 Å². The number of aromatic nitrogens is 2. The van der Waals surface area contributed by atoms with Crippen molar-refractivity contribution >= 4 is 16.8 Å². The Morgan fingerprint density at radius 1 is 1.36 bits per heavy atom.